The number of phenolic OH excluding ortho intramolecular Hbond substituents is 2. The van der Waals surface area contributed by atoms with Crippen LogP contribution in [0.2, 0.25) is 0 Å². The fraction of sp³-hybridized carbons (Fsp3) is 0.586. The van der Waals surface area contributed by atoms with Crippen molar-refractivity contribution < 1.29 is 10.2 Å². The Kier molecular flexibility index (Phi) is 8.25. The smallest absolute Gasteiger partial charge is 0.122 e. The van der Waals surface area contributed by atoms with Crippen molar-refractivity contribution in [3.8, 4) is 11.5 Å². The Labute approximate surface area is 190 Å². The molecule has 0 aliphatic heterocycles. The summed E-state index contributed by atoms with van der Waals surface area (Å²) >= 11 is 0. The van der Waals surface area contributed by atoms with Crippen LogP contribution < -0.4 is 0 Å². The van der Waals surface area contributed by atoms with Crippen LogP contribution in [-0.2, 0) is 23.7 Å². The average Bonchev–Trinajstić information content (AvgIpc) is 2.64. The molecule has 0 aromatic heterocycles. The molecule has 2 heteroatoms. The molecule has 0 saturated carbocycles. The first-order chi connectivity index (χ1) is 14.3. The van der Waals surface area contributed by atoms with Gasteiger partial charge >= 0.3 is 0 Å². The topological polar surface area (TPSA) is 40.5 Å². The molecule has 0 heterocycles. The first-order valence-corrected chi connectivity index (χ1v) is 12.0. The summed E-state index contributed by atoms with van der Waals surface area (Å²) in [7, 11) is 0. The van der Waals surface area contributed by atoms with Crippen molar-refractivity contribution >= 4 is 0 Å². The van der Waals surface area contributed by atoms with E-state index < -0.39 is 0 Å². The number of benzene rings is 2. The highest BCUT2D eigenvalue weighted by Crippen LogP contribution is 2.35. The van der Waals surface area contributed by atoms with Crippen molar-refractivity contribution in [3.63, 3.8) is 0 Å². The molecule has 31 heavy (non-hydrogen) atoms. The lowest BCUT2D eigenvalue weighted by Crippen LogP contribution is -2.12. The first-order valence-electron chi connectivity index (χ1n) is 12.0. The van der Waals surface area contributed by atoms with Crippen LogP contribution in [0.15, 0.2) is 24.3 Å². The van der Waals surface area contributed by atoms with Gasteiger partial charge in [0.25, 0.3) is 0 Å². The molecule has 0 amide bonds. The third-order valence-electron chi connectivity index (χ3n) is 6.27. The number of hydrogen-bond donors (Lipinski definition) is 2. The van der Waals surface area contributed by atoms with E-state index in [1.54, 1.807) is 0 Å². The molecule has 0 aliphatic carbocycles. The minimum atomic E-state index is -0.0374. The van der Waals surface area contributed by atoms with Gasteiger partial charge in [-0.25, -0.2) is 0 Å². The van der Waals surface area contributed by atoms with E-state index in [1.807, 2.05) is 13.8 Å². The van der Waals surface area contributed by atoms with Gasteiger partial charge in [-0.2, -0.15) is 0 Å². The molecule has 0 atom stereocenters. The lowest BCUT2D eigenvalue weighted by Gasteiger charge is -2.23. The summed E-state index contributed by atoms with van der Waals surface area (Å²) < 4.78 is 0. The fourth-order valence-electron chi connectivity index (χ4n) is 4.33. The summed E-state index contributed by atoms with van der Waals surface area (Å²) in [6.07, 6.45) is 8.29. The van der Waals surface area contributed by atoms with Crippen LogP contribution in [0.1, 0.15) is 107 Å². The van der Waals surface area contributed by atoms with E-state index in [2.05, 4.69) is 65.8 Å². The minimum absolute atomic E-state index is 0.0374. The van der Waals surface area contributed by atoms with Gasteiger partial charge in [-0.3, -0.25) is 0 Å². The van der Waals surface area contributed by atoms with Gasteiger partial charge in [0.1, 0.15) is 11.5 Å². The summed E-state index contributed by atoms with van der Waals surface area (Å²) in [5, 5.41) is 20.8. The highest BCUT2D eigenvalue weighted by molar-refractivity contribution is 5.47. The monoisotopic (exact) mass is 424 g/mol. The van der Waals surface area contributed by atoms with Crippen molar-refractivity contribution in [2.75, 3.05) is 0 Å². The van der Waals surface area contributed by atoms with Crippen molar-refractivity contribution in [1.29, 1.82) is 0 Å². The third-order valence-corrected chi connectivity index (χ3v) is 6.27. The van der Waals surface area contributed by atoms with Crippen LogP contribution in [0.25, 0.3) is 0 Å². The summed E-state index contributed by atoms with van der Waals surface area (Å²) in [5.41, 5.74) is 6.70. The molecule has 0 aliphatic rings. The molecule has 2 nitrogen and oxygen atoms in total. The van der Waals surface area contributed by atoms with Gasteiger partial charge in [0.2, 0.25) is 0 Å². The van der Waals surface area contributed by atoms with E-state index in [0.29, 0.717) is 11.5 Å². The minimum Gasteiger partial charge on any atom is -0.507 e. The third kappa shape index (κ3) is 7.02. The van der Waals surface area contributed by atoms with Crippen molar-refractivity contribution in [1.82, 2.24) is 0 Å². The predicted octanol–water partition coefficient (Wildman–Crippen LogP) is 8.05. The number of hydrogen-bond acceptors (Lipinski definition) is 2. The SMILES string of the molecule is Cc1cc(CCCCCCCc2cc(C)c(O)c(C(C)(C)C)c2)cc(C(C)(C)C)c1O. The second kappa shape index (κ2) is 10.1. The highest BCUT2D eigenvalue weighted by atomic mass is 16.3. The number of rotatable bonds is 8. The molecule has 0 fully saturated rings. The lowest BCUT2D eigenvalue weighted by molar-refractivity contribution is 0.441. The maximum atomic E-state index is 10.4. The number of aryl methyl sites for hydroxylation is 4. The molecule has 0 saturated heterocycles. The van der Waals surface area contributed by atoms with Gasteiger partial charge in [-0.1, -0.05) is 85.1 Å². The van der Waals surface area contributed by atoms with Crippen LogP contribution in [0.5, 0.6) is 11.5 Å². The summed E-state index contributed by atoms with van der Waals surface area (Å²) in [6.45, 7) is 17.0. The Morgan fingerprint density at radius 3 is 1.19 bits per heavy atom. The molecule has 0 unspecified atom stereocenters. The molecule has 0 radical (unpaired) electrons. The summed E-state index contributed by atoms with van der Waals surface area (Å²) in [4.78, 5) is 0. The maximum Gasteiger partial charge on any atom is 0.122 e. The molecule has 2 rings (SSSR count). The lowest BCUT2D eigenvalue weighted by atomic mass is 9.83. The number of phenols is 2. The zero-order valence-corrected chi connectivity index (χ0v) is 21.2. The Morgan fingerprint density at radius 2 is 0.871 bits per heavy atom. The predicted molar refractivity (Wildman–Crippen MR) is 134 cm³/mol. The van der Waals surface area contributed by atoms with Gasteiger partial charge in [-0.05, 0) is 83.7 Å². The fourth-order valence-corrected chi connectivity index (χ4v) is 4.33. The summed E-state index contributed by atoms with van der Waals surface area (Å²) in [6, 6.07) is 8.68. The quantitative estimate of drug-likeness (QED) is 0.421. The first kappa shape index (κ1) is 25.3. The molecule has 0 spiro atoms. The largest absolute Gasteiger partial charge is 0.507 e. The van der Waals surface area contributed by atoms with E-state index in [0.717, 1.165) is 35.1 Å². The molecule has 2 N–H and O–H groups in total. The molecule has 172 valence electrons. The van der Waals surface area contributed by atoms with Gasteiger partial charge in [0.15, 0.2) is 0 Å². The van der Waals surface area contributed by atoms with Crippen LogP contribution in [-0.4, -0.2) is 10.2 Å². The highest BCUT2D eigenvalue weighted by Gasteiger charge is 2.21. The van der Waals surface area contributed by atoms with Gasteiger partial charge < -0.3 is 10.2 Å². The molecule has 0 bridgehead atoms. The molecule has 2 aromatic rings. The van der Waals surface area contributed by atoms with Crippen molar-refractivity contribution in [2.24, 2.45) is 0 Å². The summed E-state index contributed by atoms with van der Waals surface area (Å²) in [5.74, 6) is 0.908. The van der Waals surface area contributed by atoms with Crippen molar-refractivity contribution in [3.05, 3.63) is 57.6 Å². The second-order valence-corrected chi connectivity index (χ2v) is 11.4. The number of unbranched alkanes of at least 4 members (excludes halogenated alkanes) is 4. The normalized spacial score (nSPS) is 12.4. The van der Waals surface area contributed by atoms with E-state index in [1.165, 1.54) is 43.2 Å². The Balaban J connectivity index is 1.80. The van der Waals surface area contributed by atoms with Crippen LogP contribution in [0.4, 0.5) is 0 Å². The Hall–Kier alpha value is -1.96. The van der Waals surface area contributed by atoms with E-state index in [4.69, 9.17) is 0 Å². The molecular formula is C29H44O2. The van der Waals surface area contributed by atoms with E-state index in [9.17, 15) is 10.2 Å². The van der Waals surface area contributed by atoms with Crippen LogP contribution >= 0.6 is 0 Å². The standard InChI is InChI=1S/C29H44O2/c1-20-16-22(18-24(26(20)30)28(3,4)5)14-12-10-9-11-13-15-23-17-21(2)27(31)25(19-23)29(6,7)8/h16-19,30-31H,9-15H2,1-8H3. The maximum absolute atomic E-state index is 10.4. The Bertz CT molecular complexity index is 806. The zero-order valence-electron chi connectivity index (χ0n) is 21.2. The van der Waals surface area contributed by atoms with E-state index in [-0.39, 0.29) is 10.8 Å². The van der Waals surface area contributed by atoms with Crippen LogP contribution in [0, 0.1) is 13.8 Å². The van der Waals surface area contributed by atoms with Gasteiger partial charge in [0, 0.05) is 0 Å². The average molecular weight is 425 g/mol. The number of aromatic hydroxyl groups is 2. The second-order valence-electron chi connectivity index (χ2n) is 11.4. The van der Waals surface area contributed by atoms with Crippen LogP contribution in [0.3, 0.4) is 0 Å². The van der Waals surface area contributed by atoms with E-state index >= 15 is 0 Å². The Morgan fingerprint density at radius 1 is 0.548 bits per heavy atom. The molecule has 2 aromatic carbocycles. The van der Waals surface area contributed by atoms with Crippen molar-refractivity contribution in [2.45, 2.75) is 111 Å². The molecular weight excluding hydrogens is 380 g/mol. The van der Waals surface area contributed by atoms with Gasteiger partial charge in [-0.15, -0.1) is 0 Å². The zero-order chi connectivity index (χ0) is 23.4. The van der Waals surface area contributed by atoms with Gasteiger partial charge in [0.05, 0.1) is 0 Å².